The van der Waals surface area contributed by atoms with Gasteiger partial charge in [-0.3, -0.25) is 9.52 Å². The van der Waals surface area contributed by atoms with Crippen molar-refractivity contribution in [3.05, 3.63) is 65.5 Å². The largest absolute Gasteiger partial charge is 0.284 e. The summed E-state index contributed by atoms with van der Waals surface area (Å²) in [5.74, 6) is -0.612. The van der Waals surface area contributed by atoms with Gasteiger partial charge in [0.15, 0.2) is 0 Å². The standard InChI is InChI=1S/C21H24FN3O3S/c1-21(2,3)20(26)25-19(16-10-5-6-11-17(16)22)13-18(23-25)14-8-7-9-15(12-14)24-29(4,27)28/h5-12,19,24H,13H2,1-4H3/t19-/m1/s1. The predicted octanol–water partition coefficient (Wildman–Crippen LogP) is 3.92. The first-order valence-corrected chi connectivity index (χ1v) is 11.1. The first-order chi connectivity index (χ1) is 13.5. The number of carbonyl (C=O) groups is 1. The molecule has 0 saturated carbocycles. The molecule has 6 nitrogen and oxygen atoms in total. The molecule has 0 unspecified atom stereocenters. The summed E-state index contributed by atoms with van der Waals surface area (Å²) in [5.41, 5.74) is 1.37. The number of halogens is 1. The number of benzene rings is 2. The smallest absolute Gasteiger partial charge is 0.248 e. The second kappa shape index (κ2) is 7.59. The maximum atomic E-state index is 14.5. The lowest BCUT2D eigenvalue weighted by molar-refractivity contribution is -0.141. The van der Waals surface area contributed by atoms with E-state index in [9.17, 15) is 17.6 Å². The van der Waals surface area contributed by atoms with E-state index in [1.54, 1.807) is 63.2 Å². The van der Waals surface area contributed by atoms with E-state index in [0.717, 1.165) is 6.26 Å². The van der Waals surface area contributed by atoms with E-state index in [2.05, 4.69) is 9.82 Å². The lowest BCUT2D eigenvalue weighted by Crippen LogP contribution is -2.36. The molecule has 0 radical (unpaired) electrons. The summed E-state index contributed by atoms with van der Waals surface area (Å²) in [6.45, 7) is 5.37. The molecule has 0 fully saturated rings. The number of rotatable bonds is 4. The predicted molar refractivity (Wildman–Crippen MR) is 112 cm³/mol. The minimum absolute atomic E-state index is 0.217. The molecule has 3 rings (SSSR count). The van der Waals surface area contributed by atoms with E-state index in [0.29, 0.717) is 28.9 Å². The van der Waals surface area contributed by atoms with Crippen LogP contribution in [0, 0.1) is 11.2 Å². The van der Waals surface area contributed by atoms with Crippen molar-refractivity contribution in [3.63, 3.8) is 0 Å². The van der Waals surface area contributed by atoms with Crippen molar-refractivity contribution in [2.45, 2.75) is 33.2 Å². The molecule has 1 atom stereocenters. The maximum absolute atomic E-state index is 14.5. The van der Waals surface area contributed by atoms with E-state index in [-0.39, 0.29) is 5.91 Å². The number of nitrogens with zero attached hydrogens (tertiary/aromatic N) is 2. The highest BCUT2D eigenvalue weighted by Crippen LogP contribution is 2.37. The fraction of sp³-hybridized carbons (Fsp3) is 0.333. The van der Waals surface area contributed by atoms with Crippen molar-refractivity contribution in [1.82, 2.24) is 5.01 Å². The van der Waals surface area contributed by atoms with Crippen molar-refractivity contribution >= 4 is 27.3 Å². The molecule has 1 aliphatic heterocycles. The zero-order valence-corrected chi connectivity index (χ0v) is 17.6. The van der Waals surface area contributed by atoms with Gasteiger partial charge >= 0.3 is 0 Å². The number of sulfonamides is 1. The molecule has 29 heavy (non-hydrogen) atoms. The number of hydrazone groups is 1. The van der Waals surface area contributed by atoms with E-state index in [1.807, 2.05) is 0 Å². The number of carbonyl (C=O) groups excluding carboxylic acids is 1. The van der Waals surface area contributed by atoms with Crippen LogP contribution in [0.2, 0.25) is 0 Å². The third-order valence-corrected chi connectivity index (χ3v) is 5.13. The van der Waals surface area contributed by atoms with E-state index in [1.165, 1.54) is 11.1 Å². The van der Waals surface area contributed by atoms with Crippen LogP contribution in [0.15, 0.2) is 53.6 Å². The number of hydrogen-bond acceptors (Lipinski definition) is 4. The normalized spacial score (nSPS) is 17.2. The van der Waals surface area contributed by atoms with Crippen LogP contribution >= 0.6 is 0 Å². The van der Waals surface area contributed by atoms with Crippen LogP contribution in [0.5, 0.6) is 0 Å². The minimum Gasteiger partial charge on any atom is -0.284 e. The van der Waals surface area contributed by atoms with Crippen LogP contribution in [-0.4, -0.2) is 31.3 Å². The zero-order chi connectivity index (χ0) is 21.4. The van der Waals surface area contributed by atoms with E-state index < -0.39 is 27.3 Å². The Hall–Kier alpha value is -2.74. The SMILES string of the molecule is CC(C)(C)C(=O)N1N=C(c2cccc(NS(C)(=O)=O)c2)C[C@@H]1c1ccccc1F. The lowest BCUT2D eigenvalue weighted by atomic mass is 9.92. The Morgan fingerprint density at radius 1 is 1.17 bits per heavy atom. The van der Waals surface area contributed by atoms with Crippen molar-refractivity contribution in [1.29, 1.82) is 0 Å². The molecule has 154 valence electrons. The summed E-state index contributed by atoms with van der Waals surface area (Å²) in [6.07, 6.45) is 1.40. The van der Waals surface area contributed by atoms with Crippen molar-refractivity contribution < 1.29 is 17.6 Å². The molecule has 0 bridgehead atoms. The van der Waals surface area contributed by atoms with Gasteiger partial charge in [0.1, 0.15) is 5.82 Å². The van der Waals surface area contributed by atoms with E-state index in [4.69, 9.17) is 0 Å². The summed E-state index contributed by atoms with van der Waals surface area (Å²) >= 11 is 0. The van der Waals surface area contributed by atoms with Gasteiger partial charge in [-0.2, -0.15) is 5.10 Å². The summed E-state index contributed by atoms with van der Waals surface area (Å²) in [6, 6.07) is 12.6. The van der Waals surface area contributed by atoms with Gasteiger partial charge in [0.05, 0.1) is 18.0 Å². The minimum atomic E-state index is -3.42. The molecule has 1 amide bonds. The Morgan fingerprint density at radius 3 is 2.48 bits per heavy atom. The molecule has 0 spiro atoms. The fourth-order valence-corrected chi connectivity index (χ4v) is 3.73. The molecular formula is C21H24FN3O3S. The molecule has 0 saturated heterocycles. The van der Waals surface area contributed by atoms with Crippen molar-refractivity contribution in [3.8, 4) is 0 Å². The Balaban J connectivity index is 2.02. The highest BCUT2D eigenvalue weighted by molar-refractivity contribution is 7.92. The second-order valence-electron chi connectivity index (χ2n) is 8.14. The zero-order valence-electron chi connectivity index (χ0n) is 16.8. The second-order valence-corrected chi connectivity index (χ2v) is 9.89. The van der Waals surface area contributed by atoms with E-state index >= 15 is 0 Å². The first-order valence-electron chi connectivity index (χ1n) is 9.19. The van der Waals surface area contributed by atoms with Crippen molar-refractivity contribution in [2.24, 2.45) is 10.5 Å². The summed E-state index contributed by atoms with van der Waals surface area (Å²) in [4.78, 5) is 13.0. The molecule has 0 aromatic heterocycles. The molecule has 8 heteroatoms. The maximum Gasteiger partial charge on any atom is 0.248 e. The molecule has 2 aromatic rings. The lowest BCUT2D eigenvalue weighted by Gasteiger charge is -2.28. The molecule has 1 N–H and O–H groups in total. The Bertz CT molecular complexity index is 1070. The fourth-order valence-electron chi connectivity index (χ4n) is 3.18. The number of amides is 1. The van der Waals surface area contributed by atoms with Gasteiger partial charge in [0, 0.05) is 23.1 Å². The average molecular weight is 418 g/mol. The third kappa shape index (κ3) is 4.82. The third-order valence-electron chi connectivity index (χ3n) is 4.52. The number of anilines is 1. The first kappa shape index (κ1) is 21.0. The van der Waals surface area contributed by atoms with Crippen LogP contribution in [0.25, 0.3) is 0 Å². The monoisotopic (exact) mass is 417 g/mol. The highest BCUT2D eigenvalue weighted by Gasteiger charge is 2.38. The Labute approximate surface area is 170 Å². The molecule has 2 aromatic carbocycles. The van der Waals surface area contributed by atoms with Crippen LogP contribution in [0.4, 0.5) is 10.1 Å². The van der Waals surface area contributed by atoms with Gasteiger partial charge in [-0.25, -0.2) is 17.8 Å². The van der Waals surface area contributed by atoms with Crippen LogP contribution in [0.1, 0.15) is 44.4 Å². The van der Waals surface area contributed by atoms with Gasteiger partial charge < -0.3 is 0 Å². The summed E-state index contributed by atoms with van der Waals surface area (Å²) in [5, 5.41) is 5.87. The topological polar surface area (TPSA) is 78.8 Å². The van der Waals surface area contributed by atoms with Crippen molar-refractivity contribution in [2.75, 3.05) is 11.0 Å². The average Bonchev–Trinajstić information content (AvgIpc) is 3.04. The quantitative estimate of drug-likeness (QED) is 0.819. The molecule has 1 heterocycles. The van der Waals surface area contributed by atoms with Crippen LogP contribution < -0.4 is 4.72 Å². The van der Waals surface area contributed by atoms with Gasteiger partial charge in [-0.05, 0) is 23.8 Å². The van der Waals surface area contributed by atoms with Crippen LogP contribution in [0.3, 0.4) is 0 Å². The summed E-state index contributed by atoms with van der Waals surface area (Å²) in [7, 11) is -3.42. The van der Waals surface area contributed by atoms with Gasteiger partial charge in [-0.15, -0.1) is 0 Å². The van der Waals surface area contributed by atoms with Gasteiger partial charge in [0.2, 0.25) is 15.9 Å². The molecule has 0 aliphatic carbocycles. The Kier molecular flexibility index (Phi) is 5.49. The molecule has 1 aliphatic rings. The van der Waals surface area contributed by atoms with Gasteiger partial charge in [-0.1, -0.05) is 51.1 Å². The summed E-state index contributed by atoms with van der Waals surface area (Å²) < 4.78 is 40.0. The van der Waals surface area contributed by atoms with Gasteiger partial charge in [0.25, 0.3) is 0 Å². The molecular weight excluding hydrogens is 393 g/mol. The van der Waals surface area contributed by atoms with Crippen LogP contribution in [-0.2, 0) is 14.8 Å². The number of hydrogen-bond donors (Lipinski definition) is 1. The highest BCUT2D eigenvalue weighted by atomic mass is 32.2. The Morgan fingerprint density at radius 2 is 1.86 bits per heavy atom. The number of nitrogens with one attached hydrogen (secondary N) is 1.